The highest BCUT2D eigenvalue weighted by Crippen LogP contribution is 2.21. The van der Waals surface area contributed by atoms with Crippen molar-refractivity contribution in [3.8, 4) is 0 Å². The minimum atomic E-state index is -0.238. The fourth-order valence-electron chi connectivity index (χ4n) is 2.50. The number of nitrogens with one attached hydrogen (secondary N) is 1. The first kappa shape index (κ1) is 14.6. The largest absolute Gasteiger partial charge is 0.467 e. The molecule has 0 bridgehead atoms. The molecule has 1 atom stereocenters. The van der Waals surface area contributed by atoms with Crippen LogP contribution in [0.4, 0.5) is 0 Å². The van der Waals surface area contributed by atoms with Crippen molar-refractivity contribution in [1.82, 2.24) is 10.2 Å². The Morgan fingerprint density at radius 1 is 1.50 bits per heavy atom. The second-order valence-electron chi connectivity index (χ2n) is 5.28. The van der Waals surface area contributed by atoms with Gasteiger partial charge in [0.2, 0.25) is 11.8 Å². The van der Waals surface area contributed by atoms with E-state index in [9.17, 15) is 9.59 Å². The van der Waals surface area contributed by atoms with Gasteiger partial charge in [-0.15, -0.1) is 0 Å². The lowest BCUT2D eigenvalue weighted by Crippen LogP contribution is -2.39. The highest BCUT2D eigenvalue weighted by atomic mass is 16.3. The van der Waals surface area contributed by atoms with Crippen molar-refractivity contribution in [1.29, 1.82) is 0 Å². The summed E-state index contributed by atoms with van der Waals surface area (Å²) in [5.41, 5.74) is 0. The number of likely N-dealkylation sites (tertiary alicyclic amines) is 1. The van der Waals surface area contributed by atoms with E-state index < -0.39 is 0 Å². The average Bonchev–Trinajstić information content (AvgIpc) is 3.07. The summed E-state index contributed by atoms with van der Waals surface area (Å²) in [5.74, 6) is 0.526. The Labute approximate surface area is 119 Å². The number of carbonyl (C=O) groups excluding carboxylic acids is 2. The van der Waals surface area contributed by atoms with Crippen molar-refractivity contribution >= 4 is 11.8 Å². The van der Waals surface area contributed by atoms with E-state index in [1.165, 1.54) is 0 Å². The van der Waals surface area contributed by atoms with Crippen LogP contribution in [0.1, 0.15) is 38.9 Å². The van der Waals surface area contributed by atoms with Gasteiger partial charge in [-0.3, -0.25) is 9.59 Å². The van der Waals surface area contributed by atoms with Crippen LogP contribution in [0, 0.1) is 5.92 Å². The van der Waals surface area contributed by atoms with E-state index in [1.807, 2.05) is 6.07 Å². The molecule has 1 fully saturated rings. The molecule has 2 amide bonds. The van der Waals surface area contributed by atoms with Gasteiger partial charge in [-0.1, -0.05) is 13.8 Å². The Hall–Kier alpha value is -1.78. The van der Waals surface area contributed by atoms with Gasteiger partial charge in [0, 0.05) is 19.0 Å². The van der Waals surface area contributed by atoms with Gasteiger partial charge in [-0.25, -0.2) is 0 Å². The van der Waals surface area contributed by atoms with Crippen LogP contribution in [0.25, 0.3) is 0 Å². The molecule has 2 heterocycles. The number of furan rings is 1. The first-order chi connectivity index (χ1) is 9.63. The second-order valence-corrected chi connectivity index (χ2v) is 5.28. The smallest absolute Gasteiger partial charge is 0.225 e. The van der Waals surface area contributed by atoms with Gasteiger partial charge in [-0.05, 0) is 25.0 Å². The fraction of sp³-hybridized carbons (Fsp3) is 0.600. The molecule has 1 aliphatic heterocycles. The first-order valence-corrected chi connectivity index (χ1v) is 7.24. The van der Waals surface area contributed by atoms with Crippen molar-refractivity contribution in [2.45, 2.75) is 45.7 Å². The molecule has 0 radical (unpaired) electrons. The lowest BCUT2D eigenvalue weighted by atomic mass is 10.1. The second kappa shape index (κ2) is 6.59. The van der Waals surface area contributed by atoms with Crippen molar-refractivity contribution in [3.05, 3.63) is 24.2 Å². The third kappa shape index (κ3) is 3.40. The summed E-state index contributed by atoms with van der Waals surface area (Å²) < 4.78 is 5.24. The van der Waals surface area contributed by atoms with Gasteiger partial charge in [0.25, 0.3) is 0 Å². The van der Waals surface area contributed by atoms with E-state index >= 15 is 0 Å². The van der Waals surface area contributed by atoms with Crippen LogP contribution in [0.2, 0.25) is 0 Å². The van der Waals surface area contributed by atoms with Crippen LogP contribution in [-0.4, -0.2) is 29.3 Å². The Kier molecular flexibility index (Phi) is 4.82. The van der Waals surface area contributed by atoms with Gasteiger partial charge >= 0.3 is 0 Å². The molecule has 1 aromatic heterocycles. The summed E-state index contributed by atoms with van der Waals surface area (Å²) in [6.07, 6.45) is 3.72. The Bertz CT molecular complexity index is 452. The van der Waals surface area contributed by atoms with Gasteiger partial charge in [0.15, 0.2) is 0 Å². The number of rotatable bonds is 6. The molecule has 0 spiro atoms. The Balaban J connectivity index is 1.89. The van der Waals surface area contributed by atoms with Gasteiger partial charge in [0.05, 0.1) is 18.7 Å². The summed E-state index contributed by atoms with van der Waals surface area (Å²) in [5, 5.41) is 3.02. The van der Waals surface area contributed by atoms with Crippen molar-refractivity contribution in [2.24, 2.45) is 5.92 Å². The van der Waals surface area contributed by atoms with Crippen molar-refractivity contribution in [3.63, 3.8) is 0 Å². The molecular weight excluding hydrogens is 256 g/mol. The molecule has 20 heavy (non-hydrogen) atoms. The zero-order valence-corrected chi connectivity index (χ0v) is 12.1. The van der Waals surface area contributed by atoms with Crippen molar-refractivity contribution in [2.75, 3.05) is 6.54 Å². The molecule has 110 valence electrons. The Morgan fingerprint density at radius 2 is 2.25 bits per heavy atom. The van der Waals surface area contributed by atoms with Crippen LogP contribution in [0.15, 0.2) is 22.8 Å². The third-order valence-corrected chi connectivity index (χ3v) is 3.84. The van der Waals surface area contributed by atoms with Gasteiger partial charge in [-0.2, -0.15) is 0 Å². The average molecular weight is 278 g/mol. The maximum atomic E-state index is 12.2. The van der Waals surface area contributed by atoms with E-state index in [2.05, 4.69) is 19.2 Å². The SMILES string of the molecule is CCC(CC)NC(=O)C1CC(=O)N(Cc2ccco2)C1. The highest BCUT2D eigenvalue weighted by Gasteiger charge is 2.34. The third-order valence-electron chi connectivity index (χ3n) is 3.84. The predicted octanol–water partition coefficient (Wildman–Crippen LogP) is 1.93. The predicted molar refractivity (Wildman–Crippen MR) is 74.7 cm³/mol. The summed E-state index contributed by atoms with van der Waals surface area (Å²) in [7, 11) is 0. The Morgan fingerprint density at radius 3 is 2.85 bits per heavy atom. The molecule has 2 rings (SSSR count). The standard InChI is InChI=1S/C15H22N2O3/c1-3-12(4-2)16-15(19)11-8-14(18)17(9-11)10-13-6-5-7-20-13/h5-7,11-12H,3-4,8-10H2,1-2H3,(H,16,19). The molecule has 1 aromatic rings. The summed E-state index contributed by atoms with van der Waals surface area (Å²) in [6, 6.07) is 3.84. The van der Waals surface area contributed by atoms with E-state index in [0.29, 0.717) is 19.5 Å². The lowest BCUT2D eigenvalue weighted by molar-refractivity contribution is -0.129. The van der Waals surface area contributed by atoms with Crippen LogP contribution < -0.4 is 5.32 Å². The van der Waals surface area contributed by atoms with E-state index in [-0.39, 0.29) is 23.8 Å². The minimum absolute atomic E-state index is 0.00556. The summed E-state index contributed by atoms with van der Waals surface area (Å²) in [4.78, 5) is 25.8. The van der Waals surface area contributed by atoms with E-state index in [4.69, 9.17) is 4.42 Å². The summed E-state index contributed by atoms with van der Waals surface area (Å²) >= 11 is 0. The minimum Gasteiger partial charge on any atom is -0.467 e. The topological polar surface area (TPSA) is 62.6 Å². The molecule has 0 saturated carbocycles. The van der Waals surface area contributed by atoms with Crippen LogP contribution in [0.5, 0.6) is 0 Å². The van der Waals surface area contributed by atoms with Crippen LogP contribution in [-0.2, 0) is 16.1 Å². The molecular formula is C15H22N2O3. The van der Waals surface area contributed by atoms with Crippen LogP contribution in [0.3, 0.4) is 0 Å². The molecule has 0 aliphatic carbocycles. The fourth-order valence-corrected chi connectivity index (χ4v) is 2.50. The van der Waals surface area contributed by atoms with Crippen LogP contribution >= 0.6 is 0 Å². The molecule has 5 nitrogen and oxygen atoms in total. The monoisotopic (exact) mass is 278 g/mol. The molecule has 1 saturated heterocycles. The number of amides is 2. The molecule has 1 unspecified atom stereocenters. The maximum absolute atomic E-state index is 12.2. The number of nitrogens with zero attached hydrogens (tertiary/aromatic N) is 1. The number of hydrogen-bond acceptors (Lipinski definition) is 3. The molecule has 5 heteroatoms. The quantitative estimate of drug-likeness (QED) is 0.865. The van der Waals surface area contributed by atoms with Gasteiger partial charge < -0.3 is 14.6 Å². The van der Waals surface area contributed by atoms with E-state index in [1.54, 1.807) is 17.2 Å². The maximum Gasteiger partial charge on any atom is 0.225 e. The summed E-state index contributed by atoms with van der Waals surface area (Å²) in [6.45, 7) is 5.03. The zero-order chi connectivity index (χ0) is 14.5. The van der Waals surface area contributed by atoms with Crippen molar-refractivity contribution < 1.29 is 14.0 Å². The normalized spacial score (nSPS) is 18.9. The first-order valence-electron chi connectivity index (χ1n) is 7.24. The lowest BCUT2D eigenvalue weighted by Gasteiger charge is -2.18. The highest BCUT2D eigenvalue weighted by molar-refractivity contribution is 5.89. The van der Waals surface area contributed by atoms with Gasteiger partial charge in [0.1, 0.15) is 5.76 Å². The zero-order valence-electron chi connectivity index (χ0n) is 12.1. The number of hydrogen-bond donors (Lipinski definition) is 1. The van der Waals surface area contributed by atoms with E-state index in [0.717, 1.165) is 18.6 Å². The molecule has 1 N–H and O–H groups in total. The molecule has 0 aromatic carbocycles. The number of carbonyl (C=O) groups is 2. The molecule has 1 aliphatic rings.